The molecule has 23 heavy (non-hydrogen) atoms. The van der Waals surface area contributed by atoms with Gasteiger partial charge in [-0.1, -0.05) is 0 Å². The zero-order valence-corrected chi connectivity index (χ0v) is 13.7. The van der Waals surface area contributed by atoms with Crippen molar-refractivity contribution in [2.45, 2.75) is 33.7 Å². The first kappa shape index (κ1) is 15.3. The maximum absolute atomic E-state index is 12.2. The molecule has 0 saturated carbocycles. The first-order valence-electron chi connectivity index (χ1n) is 7.77. The van der Waals surface area contributed by atoms with Crippen LogP contribution < -0.4 is 5.32 Å². The minimum Gasteiger partial charge on any atom is -0.351 e. The molecule has 0 aliphatic carbocycles. The fourth-order valence-electron chi connectivity index (χ4n) is 2.62. The fourth-order valence-corrected chi connectivity index (χ4v) is 2.62. The Labute approximate surface area is 135 Å². The third-order valence-electron chi connectivity index (χ3n) is 3.78. The van der Waals surface area contributed by atoms with Crippen LogP contribution in [0.3, 0.4) is 0 Å². The molecule has 0 fully saturated rings. The van der Waals surface area contributed by atoms with Gasteiger partial charge in [-0.25, -0.2) is 4.98 Å². The van der Waals surface area contributed by atoms with Gasteiger partial charge in [-0.2, -0.15) is 5.10 Å². The van der Waals surface area contributed by atoms with Crippen LogP contribution in [-0.4, -0.2) is 31.6 Å². The highest BCUT2D eigenvalue weighted by molar-refractivity contribution is 5.92. The molecule has 3 rings (SSSR count). The number of carbonyl (C=O) groups is 1. The maximum atomic E-state index is 12.2. The molecule has 0 aliphatic heterocycles. The van der Waals surface area contributed by atoms with Gasteiger partial charge in [0.05, 0.1) is 5.69 Å². The van der Waals surface area contributed by atoms with Crippen molar-refractivity contribution in [2.24, 2.45) is 0 Å². The van der Waals surface area contributed by atoms with Crippen molar-refractivity contribution in [3.05, 3.63) is 53.2 Å². The van der Waals surface area contributed by atoms with Gasteiger partial charge in [0.1, 0.15) is 11.3 Å². The Hall–Kier alpha value is -2.63. The minimum absolute atomic E-state index is 0.139. The van der Waals surface area contributed by atoms with Gasteiger partial charge in [-0.15, -0.1) is 0 Å². The van der Waals surface area contributed by atoms with Crippen molar-refractivity contribution in [3.8, 4) is 0 Å². The molecule has 0 radical (unpaired) electrons. The molecule has 0 saturated heterocycles. The highest BCUT2D eigenvalue weighted by Crippen LogP contribution is 2.07. The lowest BCUT2D eigenvalue weighted by atomic mass is 10.3. The van der Waals surface area contributed by atoms with E-state index in [1.165, 1.54) is 0 Å². The van der Waals surface area contributed by atoms with Crippen molar-refractivity contribution in [3.63, 3.8) is 0 Å². The summed E-state index contributed by atoms with van der Waals surface area (Å²) in [6, 6.07) is 6.00. The van der Waals surface area contributed by atoms with E-state index < -0.39 is 0 Å². The summed E-state index contributed by atoms with van der Waals surface area (Å²) in [5, 5.41) is 7.33. The SMILES string of the molecule is Cc1ccn2cc(C(=O)NCCCn3nc(C)cc3C)nc2c1. The van der Waals surface area contributed by atoms with E-state index in [2.05, 4.69) is 21.5 Å². The molecule has 6 nitrogen and oxygen atoms in total. The lowest BCUT2D eigenvalue weighted by Crippen LogP contribution is -2.25. The molecule has 120 valence electrons. The standard InChI is InChI=1S/C17H21N5O/c1-12-5-8-21-11-15(19-16(21)9-12)17(23)18-6-4-7-22-14(3)10-13(2)20-22/h5,8-11H,4,6-7H2,1-3H3,(H,18,23). The highest BCUT2D eigenvalue weighted by atomic mass is 16.1. The quantitative estimate of drug-likeness (QED) is 0.735. The molecule has 0 spiro atoms. The molecular weight excluding hydrogens is 290 g/mol. The van der Waals surface area contributed by atoms with Crippen LogP contribution in [0.2, 0.25) is 0 Å². The number of rotatable bonds is 5. The maximum Gasteiger partial charge on any atom is 0.271 e. The number of aryl methyl sites for hydroxylation is 4. The van der Waals surface area contributed by atoms with Gasteiger partial charge in [0.15, 0.2) is 0 Å². The van der Waals surface area contributed by atoms with E-state index in [4.69, 9.17) is 0 Å². The fraction of sp³-hybridized carbons (Fsp3) is 0.353. The van der Waals surface area contributed by atoms with Crippen LogP contribution in [0.4, 0.5) is 0 Å². The van der Waals surface area contributed by atoms with Crippen molar-refractivity contribution in [2.75, 3.05) is 6.54 Å². The molecular formula is C17H21N5O. The van der Waals surface area contributed by atoms with Crippen LogP contribution in [0.15, 0.2) is 30.6 Å². The normalized spacial score (nSPS) is 11.1. The smallest absolute Gasteiger partial charge is 0.271 e. The summed E-state index contributed by atoms with van der Waals surface area (Å²) in [6.45, 7) is 7.43. The Morgan fingerprint density at radius 1 is 1.26 bits per heavy atom. The Morgan fingerprint density at radius 3 is 2.83 bits per heavy atom. The summed E-state index contributed by atoms with van der Waals surface area (Å²) >= 11 is 0. The molecule has 3 aromatic rings. The van der Waals surface area contributed by atoms with Crippen LogP contribution in [0.1, 0.15) is 33.9 Å². The second kappa shape index (κ2) is 6.24. The molecule has 0 aliphatic rings. The first-order chi connectivity index (χ1) is 11.0. The van der Waals surface area contributed by atoms with E-state index >= 15 is 0 Å². The van der Waals surface area contributed by atoms with Crippen molar-refractivity contribution in [1.29, 1.82) is 0 Å². The summed E-state index contributed by atoms with van der Waals surface area (Å²) < 4.78 is 3.83. The zero-order chi connectivity index (χ0) is 16.4. The number of carbonyl (C=O) groups excluding carboxylic acids is 1. The lowest BCUT2D eigenvalue weighted by Gasteiger charge is -2.05. The van der Waals surface area contributed by atoms with Crippen LogP contribution >= 0.6 is 0 Å². The molecule has 0 aromatic carbocycles. The molecule has 1 amide bonds. The van der Waals surface area contributed by atoms with Gasteiger partial charge in [0.2, 0.25) is 0 Å². The Bertz CT molecular complexity index is 846. The molecule has 3 heterocycles. The summed E-state index contributed by atoms with van der Waals surface area (Å²) in [6.07, 6.45) is 4.50. The van der Waals surface area contributed by atoms with Crippen molar-refractivity contribution >= 4 is 11.6 Å². The van der Waals surface area contributed by atoms with Gasteiger partial charge in [0.25, 0.3) is 5.91 Å². The third kappa shape index (κ3) is 3.41. The van der Waals surface area contributed by atoms with Gasteiger partial charge in [-0.05, 0) is 51.0 Å². The number of nitrogens with zero attached hydrogens (tertiary/aromatic N) is 4. The Balaban J connectivity index is 1.55. The highest BCUT2D eigenvalue weighted by Gasteiger charge is 2.10. The van der Waals surface area contributed by atoms with Crippen LogP contribution in [-0.2, 0) is 6.54 Å². The van der Waals surface area contributed by atoms with Gasteiger partial charge < -0.3 is 9.72 Å². The average molecular weight is 311 g/mol. The minimum atomic E-state index is -0.139. The number of amides is 1. The number of fused-ring (bicyclic) bond motifs is 1. The topological polar surface area (TPSA) is 64.2 Å². The van der Waals surface area contributed by atoms with Crippen LogP contribution in [0.25, 0.3) is 5.65 Å². The molecule has 0 unspecified atom stereocenters. The van der Waals surface area contributed by atoms with E-state index in [1.807, 2.05) is 48.2 Å². The average Bonchev–Trinajstić information content (AvgIpc) is 3.06. The predicted molar refractivity (Wildman–Crippen MR) is 88.6 cm³/mol. The Morgan fingerprint density at radius 2 is 2.09 bits per heavy atom. The summed E-state index contributed by atoms with van der Waals surface area (Å²) in [7, 11) is 0. The number of hydrogen-bond donors (Lipinski definition) is 1. The number of nitrogens with one attached hydrogen (secondary N) is 1. The van der Waals surface area contributed by atoms with E-state index in [0.717, 1.165) is 35.6 Å². The summed E-state index contributed by atoms with van der Waals surface area (Å²) in [4.78, 5) is 16.5. The molecule has 0 atom stereocenters. The third-order valence-corrected chi connectivity index (χ3v) is 3.78. The number of imidazole rings is 1. The largest absolute Gasteiger partial charge is 0.351 e. The molecule has 3 aromatic heterocycles. The van der Waals surface area contributed by atoms with Crippen molar-refractivity contribution in [1.82, 2.24) is 24.5 Å². The summed E-state index contributed by atoms with van der Waals surface area (Å²) in [5.74, 6) is -0.139. The summed E-state index contributed by atoms with van der Waals surface area (Å²) in [5.41, 5.74) is 4.52. The predicted octanol–water partition coefficient (Wildman–Crippen LogP) is 2.28. The van der Waals surface area contributed by atoms with Gasteiger partial charge >= 0.3 is 0 Å². The van der Waals surface area contributed by atoms with E-state index in [0.29, 0.717) is 12.2 Å². The van der Waals surface area contributed by atoms with Crippen molar-refractivity contribution < 1.29 is 4.79 Å². The lowest BCUT2D eigenvalue weighted by molar-refractivity contribution is 0.0948. The van der Waals surface area contributed by atoms with E-state index in [9.17, 15) is 4.79 Å². The zero-order valence-electron chi connectivity index (χ0n) is 13.7. The Kier molecular flexibility index (Phi) is 4.14. The number of aromatic nitrogens is 4. The number of hydrogen-bond acceptors (Lipinski definition) is 3. The van der Waals surface area contributed by atoms with Gasteiger partial charge in [-0.3, -0.25) is 9.48 Å². The molecule has 0 bridgehead atoms. The number of pyridine rings is 1. The monoisotopic (exact) mass is 311 g/mol. The van der Waals surface area contributed by atoms with Crippen LogP contribution in [0, 0.1) is 20.8 Å². The molecule has 1 N–H and O–H groups in total. The first-order valence-corrected chi connectivity index (χ1v) is 7.77. The van der Waals surface area contributed by atoms with E-state index in [1.54, 1.807) is 6.20 Å². The van der Waals surface area contributed by atoms with E-state index in [-0.39, 0.29) is 5.91 Å². The van der Waals surface area contributed by atoms with Gasteiger partial charge in [0, 0.05) is 31.2 Å². The second-order valence-electron chi connectivity index (χ2n) is 5.86. The van der Waals surface area contributed by atoms with Crippen LogP contribution in [0.5, 0.6) is 0 Å². The second-order valence-corrected chi connectivity index (χ2v) is 5.86. The molecule has 6 heteroatoms.